The van der Waals surface area contributed by atoms with E-state index in [-0.39, 0.29) is 54.4 Å². The second-order valence-electron chi connectivity index (χ2n) is 18.7. The largest absolute Gasteiger partial charge is 0.465 e. The van der Waals surface area contributed by atoms with E-state index in [0.717, 1.165) is 49.9 Å². The molecular weight excluding hydrogens is 945 g/mol. The van der Waals surface area contributed by atoms with Crippen molar-refractivity contribution in [1.29, 1.82) is 0 Å². The van der Waals surface area contributed by atoms with Crippen LogP contribution in [-0.2, 0) is 22.6 Å². The van der Waals surface area contributed by atoms with Crippen molar-refractivity contribution >= 4 is 59.7 Å². The molecule has 73 heavy (non-hydrogen) atoms. The van der Waals surface area contributed by atoms with E-state index < -0.39 is 6.09 Å². The first-order chi connectivity index (χ1) is 35.1. The summed E-state index contributed by atoms with van der Waals surface area (Å²) >= 11 is 0. The number of carboxylic acid groups (broad SMARTS) is 1. The molecule has 1 aliphatic carbocycles. The van der Waals surface area contributed by atoms with Crippen molar-refractivity contribution in [1.82, 2.24) is 50.2 Å². The molecule has 0 unspecified atom stereocenters. The Balaban J connectivity index is 0.000000381. The highest BCUT2D eigenvalue weighted by atomic mass is 16.6. The van der Waals surface area contributed by atoms with E-state index in [0.29, 0.717) is 135 Å². The zero-order valence-electron chi connectivity index (χ0n) is 41.9. The number of aliphatic imine (C=N–C) groups is 2. The molecule has 2 aromatic rings. The lowest BCUT2D eigenvalue weighted by Crippen LogP contribution is -2.55. The van der Waals surface area contributed by atoms with Gasteiger partial charge in [0, 0.05) is 105 Å². The van der Waals surface area contributed by atoms with E-state index in [1.807, 2.05) is 36.2 Å². The highest BCUT2D eigenvalue weighted by Gasteiger charge is 2.32. The molecule has 1 saturated carbocycles. The third-order valence-electron chi connectivity index (χ3n) is 13.5. The van der Waals surface area contributed by atoms with Crippen LogP contribution in [0.5, 0.6) is 0 Å². The lowest BCUT2D eigenvalue weighted by molar-refractivity contribution is 0.0196. The zero-order chi connectivity index (χ0) is 52.3. The number of piperidine rings is 1. The molecule has 7 rings (SSSR count). The summed E-state index contributed by atoms with van der Waals surface area (Å²) in [5.74, 6) is -0.0390. The van der Waals surface area contributed by atoms with Gasteiger partial charge < -0.3 is 87.8 Å². The molecule has 12 N–H and O–H groups in total. The fourth-order valence-electron chi connectivity index (χ4n) is 9.21. The van der Waals surface area contributed by atoms with Crippen molar-refractivity contribution in [3.63, 3.8) is 0 Å². The molecule has 5 aliphatic rings. The van der Waals surface area contributed by atoms with Crippen molar-refractivity contribution in [3.05, 3.63) is 59.7 Å². The average molecular weight is 1020 g/mol. The lowest BCUT2D eigenvalue weighted by Gasteiger charge is -2.39. The van der Waals surface area contributed by atoms with Crippen molar-refractivity contribution < 1.29 is 43.3 Å². The van der Waals surface area contributed by atoms with Crippen LogP contribution in [0.3, 0.4) is 0 Å². The molecule has 25 nitrogen and oxygen atoms in total. The van der Waals surface area contributed by atoms with Crippen LogP contribution in [0, 0.1) is 0 Å². The molecule has 4 aliphatic heterocycles. The Morgan fingerprint density at radius 3 is 1.29 bits per heavy atom. The normalized spacial score (nSPS) is 19.6. The summed E-state index contributed by atoms with van der Waals surface area (Å²) in [5, 5.41) is 18.0. The fourth-order valence-corrected chi connectivity index (χ4v) is 9.21. The zero-order valence-corrected chi connectivity index (χ0v) is 41.9. The number of urea groups is 3. The van der Waals surface area contributed by atoms with Gasteiger partial charge in [-0.25, -0.2) is 38.8 Å². The molecule has 0 spiro atoms. The van der Waals surface area contributed by atoms with Gasteiger partial charge in [0.25, 0.3) is 0 Å². The number of rotatable bonds is 9. The third-order valence-corrected chi connectivity index (χ3v) is 13.5. The van der Waals surface area contributed by atoms with E-state index in [1.165, 1.54) is 4.90 Å². The summed E-state index contributed by atoms with van der Waals surface area (Å²) in [4.78, 5) is 94.1. The number of nitrogens with zero attached hydrogens (tertiary/aromatic N) is 9. The minimum Gasteiger partial charge on any atom is -0.465 e. The van der Waals surface area contributed by atoms with Crippen molar-refractivity contribution in [3.8, 4) is 0 Å². The van der Waals surface area contributed by atoms with Crippen molar-refractivity contribution in [2.75, 3.05) is 98.7 Å². The number of nitrogens with two attached hydrogens (primary N) is 4. The summed E-state index contributed by atoms with van der Waals surface area (Å²) in [6, 6.07) is 14.4. The van der Waals surface area contributed by atoms with Crippen molar-refractivity contribution in [2.24, 2.45) is 32.9 Å². The molecule has 0 atom stereocenters. The lowest BCUT2D eigenvalue weighted by atomic mass is 9.96. The van der Waals surface area contributed by atoms with Gasteiger partial charge in [-0.15, -0.1) is 0 Å². The second kappa shape index (κ2) is 27.4. The first kappa shape index (κ1) is 54.9. The third kappa shape index (κ3) is 17.4. The van der Waals surface area contributed by atoms with E-state index >= 15 is 0 Å². The molecule has 9 amide bonds. The number of carbonyl (C=O) groups excluding carboxylic acids is 5. The highest BCUT2D eigenvalue weighted by molar-refractivity contribution is 5.80. The second-order valence-corrected chi connectivity index (χ2v) is 18.7. The molecule has 0 radical (unpaired) electrons. The van der Waals surface area contributed by atoms with Gasteiger partial charge >= 0.3 is 36.4 Å². The van der Waals surface area contributed by atoms with E-state index in [2.05, 4.69) is 25.9 Å². The van der Waals surface area contributed by atoms with Gasteiger partial charge in [-0.1, -0.05) is 24.3 Å². The molecule has 0 bridgehead atoms. The molecule has 400 valence electrons. The number of guanidine groups is 2. The van der Waals surface area contributed by atoms with Crippen LogP contribution in [0.2, 0.25) is 0 Å². The van der Waals surface area contributed by atoms with Gasteiger partial charge in [0.05, 0.1) is 11.4 Å². The summed E-state index contributed by atoms with van der Waals surface area (Å²) in [6.45, 7) is 7.57. The van der Waals surface area contributed by atoms with Gasteiger partial charge in [-0.05, 0) is 99.8 Å². The Morgan fingerprint density at radius 1 is 0.562 bits per heavy atom. The maximum absolute atomic E-state index is 13.0. The predicted octanol–water partition coefficient (Wildman–Crippen LogP) is 2.30. The first-order valence-electron chi connectivity index (χ1n) is 25.2. The smallest absolute Gasteiger partial charge is 0.410 e. The molecule has 4 saturated heterocycles. The number of benzene rings is 2. The number of amides is 9. The van der Waals surface area contributed by atoms with Gasteiger partial charge in [-0.3, -0.25) is 0 Å². The molecule has 5 fully saturated rings. The van der Waals surface area contributed by atoms with Crippen LogP contribution in [0.15, 0.2) is 58.5 Å². The molecule has 2 aromatic carbocycles. The molecule has 0 aromatic heterocycles. The number of hydrogen-bond acceptors (Lipinski definition) is 11. The Hall–Kier alpha value is -7.44. The highest BCUT2D eigenvalue weighted by Crippen LogP contribution is 2.24. The summed E-state index contributed by atoms with van der Waals surface area (Å²) < 4.78 is 11.8. The standard InChI is InChI=1S/C36H52N12O6.C12H22N4O3/c37-31(38)43-27-11-7-25(8-12-27)23-41-33(49)45-15-19-47(20-16-45)35(51)53-29-3-1-4-30(6-2-5-29)54-36(52)48-21-17-46(18-22-48)34(50)42-24-26-9-13-28(14-10-26)44-32(39)40;1-14(10-2-4-13-5-3-10)11(17)15-6-8-16(9-7-15)12(18)19/h7-14,29-30H,1-6,15-24H2,(H,41,49)(H,42,50)(H4,37,38,43)(H4,39,40,44);10,13H,2-9H2,1H3,(H,18,19). The van der Waals surface area contributed by atoms with Crippen LogP contribution in [0.1, 0.15) is 62.5 Å². The summed E-state index contributed by atoms with van der Waals surface area (Å²) in [5.41, 5.74) is 24.7. The Morgan fingerprint density at radius 2 is 0.918 bits per heavy atom. The Labute approximate surface area is 426 Å². The maximum atomic E-state index is 13.0. The predicted molar refractivity (Wildman–Crippen MR) is 273 cm³/mol. The minimum absolute atomic E-state index is 0.0195. The summed E-state index contributed by atoms with van der Waals surface area (Å²) in [6.07, 6.45) is 4.16. The number of hydrogen-bond donors (Lipinski definition) is 8. The number of nitrogens with one attached hydrogen (secondary N) is 3. The average Bonchev–Trinajstić information content (AvgIpc) is 3.39. The fraction of sp³-hybridized carbons (Fsp3) is 0.583. The van der Waals surface area contributed by atoms with Gasteiger partial charge in [0.15, 0.2) is 11.9 Å². The van der Waals surface area contributed by atoms with Gasteiger partial charge in [0.2, 0.25) is 0 Å². The topological polar surface area (TPSA) is 329 Å². The minimum atomic E-state index is -0.904. The van der Waals surface area contributed by atoms with Crippen LogP contribution < -0.4 is 38.9 Å². The van der Waals surface area contributed by atoms with Crippen LogP contribution in [-0.4, -0.2) is 205 Å². The quantitative estimate of drug-likeness (QED) is 0.132. The molecular formula is C48H74N16O9. The van der Waals surface area contributed by atoms with E-state index in [9.17, 15) is 28.8 Å². The first-order valence-corrected chi connectivity index (χ1v) is 25.2. The van der Waals surface area contributed by atoms with Gasteiger partial charge in [0.1, 0.15) is 12.2 Å². The monoisotopic (exact) mass is 1020 g/mol. The Bertz CT molecular complexity index is 2070. The van der Waals surface area contributed by atoms with Crippen LogP contribution >= 0.6 is 0 Å². The van der Waals surface area contributed by atoms with E-state index in [4.69, 9.17) is 37.5 Å². The number of carbonyl (C=O) groups is 6. The molecule has 4 heterocycles. The van der Waals surface area contributed by atoms with E-state index in [1.54, 1.807) is 48.8 Å². The molecule has 25 heteroatoms. The Kier molecular flexibility index (Phi) is 20.6. The van der Waals surface area contributed by atoms with Gasteiger partial charge in [-0.2, -0.15) is 0 Å². The SMILES string of the molecule is CN(C(=O)N1CCN(C(=O)O)CC1)C1CCNCC1.NC(N)=Nc1ccc(CNC(=O)N2CCN(C(=O)OC3CCCC(OC(=O)N4CCN(C(=O)NCc5ccc(N=C(N)N)cc5)CC4)CCC3)CC2)cc1. The van der Waals surface area contributed by atoms with Crippen molar-refractivity contribution in [2.45, 2.75) is 82.7 Å². The van der Waals surface area contributed by atoms with Crippen LogP contribution in [0.4, 0.5) is 40.1 Å². The van der Waals surface area contributed by atoms with Crippen LogP contribution in [0.25, 0.3) is 0 Å². The number of piperazine rings is 3. The maximum Gasteiger partial charge on any atom is 0.410 e. The number of ether oxygens (including phenoxy) is 2. The summed E-state index contributed by atoms with van der Waals surface area (Å²) in [7, 11) is 1.85.